The van der Waals surface area contributed by atoms with Crippen LogP contribution < -0.4 is 0 Å². The molecule has 0 aromatic rings. The van der Waals surface area contributed by atoms with Gasteiger partial charge in [0.25, 0.3) is 0 Å². The molecule has 0 aliphatic heterocycles. The van der Waals surface area contributed by atoms with Crippen molar-refractivity contribution in [3.63, 3.8) is 0 Å². The van der Waals surface area contributed by atoms with Crippen LogP contribution in [-0.4, -0.2) is 31.9 Å². The van der Waals surface area contributed by atoms with E-state index in [1.165, 1.54) is 14.2 Å². The molecule has 0 N–H and O–H groups in total. The van der Waals surface area contributed by atoms with Crippen LogP contribution in [0.15, 0.2) is 0 Å². The van der Waals surface area contributed by atoms with Crippen molar-refractivity contribution in [1.82, 2.24) is 0 Å². The highest BCUT2D eigenvalue weighted by Gasteiger charge is 2.56. The van der Waals surface area contributed by atoms with Gasteiger partial charge in [0.1, 0.15) is 11.9 Å². The lowest BCUT2D eigenvalue weighted by Crippen LogP contribution is -2.28. The van der Waals surface area contributed by atoms with E-state index < -0.39 is 13.0 Å². The zero-order valence-corrected chi connectivity index (χ0v) is 12.8. The number of rotatable bonds is 10. The van der Waals surface area contributed by atoms with E-state index >= 15 is 0 Å². The van der Waals surface area contributed by atoms with Crippen LogP contribution in [0, 0.1) is 5.41 Å². The Morgan fingerprint density at radius 1 is 1.11 bits per heavy atom. The minimum atomic E-state index is -3.37. The lowest BCUT2D eigenvalue weighted by atomic mass is 9.92. The van der Waals surface area contributed by atoms with Crippen LogP contribution in [0.4, 0.5) is 0 Å². The molecule has 0 aromatic heterocycles. The molecule has 0 saturated heterocycles. The second-order valence-electron chi connectivity index (χ2n) is 5.02. The maximum Gasteiger partial charge on any atom is 0.337 e. The fourth-order valence-corrected chi connectivity index (χ4v) is 3.21. The van der Waals surface area contributed by atoms with E-state index in [4.69, 9.17) is 9.05 Å². The molecule has 1 aliphatic rings. The summed E-state index contributed by atoms with van der Waals surface area (Å²) in [4.78, 5) is 24.3. The molecule has 0 atom stereocenters. The molecule has 6 heteroatoms. The van der Waals surface area contributed by atoms with Crippen LogP contribution in [0.5, 0.6) is 0 Å². The fourth-order valence-electron chi connectivity index (χ4n) is 2.14. The third-order valence-corrected chi connectivity index (χ3v) is 5.51. The Balaban J connectivity index is 2.60. The first kappa shape index (κ1) is 16.5. The molecule has 5 nitrogen and oxygen atoms in total. The molecule has 110 valence electrons. The maximum atomic E-state index is 12.2. The van der Waals surface area contributed by atoms with E-state index in [1.54, 1.807) is 0 Å². The van der Waals surface area contributed by atoms with E-state index in [0.717, 1.165) is 19.3 Å². The van der Waals surface area contributed by atoms with Gasteiger partial charge in [-0.1, -0.05) is 19.8 Å². The van der Waals surface area contributed by atoms with Crippen LogP contribution in [0.3, 0.4) is 0 Å². The van der Waals surface area contributed by atoms with Gasteiger partial charge in [-0.25, -0.2) is 0 Å². The van der Waals surface area contributed by atoms with Gasteiger partial charge in [0.2, 0.25) is 0 Å². The third-order valence-electron chi connectivity index (χ3n) is 3.72. The standard InChI is InChI=1S/C13H23O5P/c1-4-5-6-7-11(14)13(8-9-13)12(15)10-19(16,17-2)18-3/h4-10H2,1-3H3. The summed E-state index contributed by atoms with van der Waals surface area (Å²) in [6.07, 6.45) is 4.12. The Labute approximate surface area is 114 Å². The number of carbonyl (C=O) groups excluding carboxylic acids is 2. The van der Waals surface area contributed by atoms with E-state index in [9.17, 15) is 14.2 Å². The van der Waals surface area contributed by atoms with Crippen molar-refractivity contribution >= 4 is 19.2 Å². The Morgan fingerprint density at radius 3 is 2.11 bits per heavy atom. The molecule has 0 bridgehead atoms. The smallest absolute Gasteiger partial charge is 0.312 e. The summed E-state index contributed by atoms with van der Waals surface area (Å²) < 4.78 is 21.5. The van der Waals surface area contributed by atoms with E-state index in [-0.39, 0.29) is 17.7 Å². The summed E-state index contributed by atoms with van der Waals surface area (Å²) in [6, 6.07) is 0. The Hall–Kier alpha value is -0.510. The van der Waals surface area contributed by atoms with Crippen molar-refractivity contribution < 1.29 is 23.2 Å². The first-order valence-corrected chi connectivity index (χ1v) is 8.44. The summed E-state index contributed by atoms with van der Waals surface area (Å²) in [5.74, 6) is -0.300. The molecule has 1 aliphatic carbocycles. The summed E-state index contributed by atoms with van der Waals surface area (Å²) in [6.45, 7) is 2.07. The summed E-state index contributed by atoms with van der Waals surface area (Å²) in [5.41, 5.74) is -0.888. The third kappa shape index (κ3) is 3.98. The SMILES string of the molecule is CCCCCC(=O)C1(C(=O)CP(=O)(OC)OC)CC1. The van der Waals surface area contributed by atoms with Gasteiger partial charge >= 0.3 is 7.60 Å². The number of ketones is 2. The first-order valence-electron chi connectivity index (χ1n) is 6.71. The second-order valence-corrected chi connectivity index (χ2v) is 7.29. The van der Waals surface area contributed by atoms with Crippen molar-refractivity contribution in [1.29, 1.82) is 0 Å². The quantitative estimate of drug-likeness (QED) is 0.351. The van der Waals surface area contributed by atoms with Gasteiger partial charge in [-0.3, -0.25) is 14.2 Å². The van der Waals surface area contributed by atoms with Gasteiger partial charge in [0.15, 0.2) is 5.78 Å². The van der Waals surface area contributed by atoms with E-state index in [1.807, 2.05) is 0 Å². The molecular formula is C13H23O5P. The lowest BCUT2D eigenvalue weighted by Gasteiger charge is -2.17. The van der Waals surface area contributed by atoms with E-state index in [0.29, 0.717) is 19.3 Å². The molecule has 1 fully saturated rings. The highest BCUT2D eigenvalue weighted by molar-refractivity contribution is 7.54. The number of hydrogen-bond acceptors (Lipinski definition) is 5. The predicted molar refractivity (Wildman–Crippen MR) is 72.3 cm³/mol. The van der Waals surface area contributed by atoms with Gasteiger partial charge in [0.05, 0.1) is 5.41 Å². The zero-order chi connectivity index (χ0) is 14.5. The topological polar surface area (TPSA) is 69.7 Å². The Morgan fingerprint density at radius 2 is 1.68 bits per heavy atom. The van der Waals surface area contributed by atoms with E-state index in [2.05, 4.69) is 6.92 Å². The highest BCUT2D eigenvalue weighted by atomic mass is 31.2. The molecule has 0 amide bonds. The molecule has 0 heterocycles. The summed E-state index contributed by atoms with van der Waals surface area (Å²) in [5, 5.41) is 0. The minimum Gasteiger partial charge on any atom is -0.312 e. The summed E-state index contributed by atoms with van der Waals surface area (Å²) in [7, 11) is -0.866. The normalized spacial score (nSPS) is 17.2. The molecule has 0 spiro atoms. The van der Waals surface area contributed by atoms with Crippen LogP contribution >= 0.6 is 7.60 Å². The van der Waals surface area contributed by atoms with Crippen molar-refractivity contribution in [2.75, 3.05) is 20.4 Å². The molecular weight excluding hydrogens is 267 g/mol. The van der Waals surface area contributed by atoms with Crippen LogP contribution in [0.2, 0.25) is 0 Å². The zero-order valence-electron chi connectivity index (χ0n) is 11.9. The number of hydrogen-bond donors (Lipinski definition) is 0. The Bertz CT molecular complexity index is 378. The van der Waals surface area contributed by atoms with Crippen LogP contribution in [0.1, 0.15) is 45.4 Å². The van der Waals surface area contributed by atoms with Gasteiger partial charge in [-0.15, -0.1) is 0 Å². The predicted octanol–water partition coefficient (Wildman–Crippen LogP) is 2.97. The second kappa shape index (κ2) is 6.78. The van der Waals surface area contributed by atoms with Crippen molar-refractivity contribution in [3.8, 4) is 0 Å². The number of unbranched alkanes of at least 4 members (excludes halogenated alkanes) is 2. The molecule has 0 aromatic carbocycles. The molecule has 1 saturated carbocycles. The van der Waals surface area contributed by atoms with Gasteiger partial charge < -0.3 is 9.05 Å². The Kier molecular flexibility index (Phi) is 5.90. The maximum absolute atomic E-state index is 12.2. The van der Waals surface area contributed by atoms with Gasteiger partial charge in [-0.2, -0.15) is 0 Å². The lowest BCUT2D eigenvalue weighted by molar-refractivity contribution is -0.133. The van der Waals surface area contributed by atoms with Gasteiger partial charge in [-0.05, 0) is 19.3 Å². The first-order chi connectivity index (χ1) is 8.94. The summed E-state index contributed by atoms with van der Waals surface area (Å²) >= 11 is 0. The average Bonchev–Trinajstić information content (AvgIpc) is 3.20. The van der Waals surface area contributed by atoms with Crippen molar-refractivity contribution in [2.24, 2.45) is 5.41 Å². The molecule has 1 rings (SSSR count). The number of Topliss-reactive ketones (excluding diaryl/α,β-unsaturated/α-hetero) is 2. The van der Waals surface area contributed by atoms with Crippen LogP contribution in [0.25, 0.3) is 0 Å². The van der Waals surface area contributed by atoms with Crippen molar-refractivity contribution in [2.45, 2.75) is 45.4 Å². The fraction of sp³-hybridized carbons (Fsp3) is 0.846. The molecule has 0 radical (unpaired) electrons. The van der Waals surface area contributed by atoms with Crippen molar-refractivity contribution in [3.05, 3.63) is 0 Å². The molecule has 0 unspecified atom stereocenters. The monoisotopic (exact) mass is 290 g/mol. The molecule has 19 heavy (non-hydrogen) atoms. The minimum absolute atomic E-state index is 0.00953. The average molecular weight is 290 g/mol. The van der Waals surface area contributed by atoms with Crippen LogP contribution in [-0.2, 0) is 23.2 Å². The largest absolute Gasteiger partial charge is 0.337 e. The van der Waals surface area contributed by atoms with Gasteiger partial charge in [0, 0.05) is 20.6 Å². The number of carbonyl (C=O) groups is 2. The highest BCUT2D eigenvalue weighted by Crippen LogP contribution is 2.54.